The molecule has 4 rings (SSSR count). The molecular formula is C27H23NO4. The molecule has 1 heterocycles. The summed E-state index contributed by atoms with van der Waals surface area (Å²) in [7, 11) is 0. The summed E-state index contributed by atoms with van der Waals surface area (Å²) in [5.74, 6) is 0.208. The van der Waals surface area contributed by atoms with Gasteiger partial charge in [-0.05, 0) is 48.9 Å². The molecule has 0 aliphatic rings. The third-order valence-electron chi connectivity index (χ3n) is 4.97. The first kappa shape index (κ1) is 21.1. The third-order valence-corrected chi connectivity index (χ3v) is 4.97. The largest absolute Gasteiger partial charge is 0.489 e. The van der Waals surface area contributed by atoms with Crippen LogP contribution in [-0.2, 0) is 11.4 Å². The molecular weight excluding hydrogens is 402 g/mol. The summed E-state index contributed by atoms with van der Waals surface area (Å²) in [5.41, 5.74) is 3.69. The molecule has 0 aliphatic heterocycles. The van der Waals surface area contributed by atoms with E-state index in [1.54, 1.807) is 12.1 Å². The lowest BCUT2D eigenvalue weighted by Gasteiger charge is -2.15. The number of carbonyl (C=O) groups is 1. The number of carboxylic acids is 1. The minimum atomic E-state index is -1.01. The summed E-state index contributed by atoms with van der Waals surface area (Å²) in [6, 6.07) is 27.1. The number of aliphatic carboxylic acids is 1. The molecule has 32 heavy (non-hydrogen) atoms. The van der Waals surface area contributed by atoms with E-state index < -0.39 is 12.1 Å². The predicted molar refractivity (Wildman–Crippen MR) is 126 cm³/mol. The number of benzene rings is 3. The number of carboxylic acid groups (broad SMARTS) is 1. The molecule has 3 aromatic carbocycles. The number of fused-ring (bicyclic) bond motifs is 1. The van der Waals surface area contributed by atoms with E-state index in [1.807, 2.05) is 78.9 Å². The van der Waals surface area contributed by atoms with Gasteiger partial charge in [-0.1, -0.05) is 60.7 Å². The summed E-state index contributed by atoms with van der Waals surface area (Å²) in [5, 5.41) is 10.2. The monoisotopic (exact) mass is 425 g/mol. The van der Waals surface area contributed by atoms with E-state index in [1.165, 1.54) is 6.92 Å². The summed E-state index contributed by atoms with van der Waals surface area (Å²) in [6.45, 7) is 1.78. The van der Waals surface area contributed by atoms with Crippen molar-refractivity contribution in [2.24, 2.45) is 0 Å². The zero-order chi connectivity index (χ0) is 22.3. The van der Waals surface area contributed by atoms with E-state index in [9.17, 15) is 4.79 Å². The van der Waals surface area contributed by atoms with Crippen molar-refractivity contribution in [1.29, 1.82) is 0 Å². The lowest BCUT2D eigenvalue weighted by Crippen LogP contribution is -2.23. The van der Waals surface area contributed by atoms with E-state index in [2.05, 4.69) is 11.1 Å². The van der Waals surface area contributed by atoms with Gasteiger partial charge in [-0.25, -0.2) is 9.78 Å². The SMILES string of the molecule is CC(Oc1ccccc1COc1ccc(/C=C/c2ccc3ccccc3n2)cc1)C(=O)O. The maximum Gasteiger partial charge on any atom is 0.344 e. The molecule has 1 unspecified atom stereocenters. The number of aromatic nitrogens is 1. The average Bonchev–Trinajstić information content (AvgIpc) is 2.82. The fourth-order valence-electron chi connectivity index (χ4n) is 3.17. The molecule has 0 radical (unpaired) electrons. The Bertz CT molecular complexity index is 1250. The van der Waals surface area contributed by atoms with Gasteiger partial charge in [0.2, 0.25) is 0 Å². The smallest absolute Gasteiger partial charge is 0.344 e. The highest BCUT2D eigenvalue weighted by Gasteiger charge is 2.14. The van der Waals surface area contributed by atoms with Crippen LogP contribution >= 0.6 is 0 Å². The van der Waals surface area contributed by atoms with Crippen molar-refractivity contribution < 1.29 is 19.4 Å². The van der Waals surface area contributed by atoms with Crippen LogP contribution in [0.15, 0.2) is 84.9 Å². The molecule has 5 nitrogen and oxygen atoms in total. The average molecular weight is 425 g/mol. The fraction of sp³-hybridized carbons (Fsp3) is 0.111. The van der Waals surface area contributed by atoms with Crippen LogP contribution in [0.2, 0.25) is 0 Å². The van der Waals surface area contributed by atoms with Gasteiger partial charge in [0.05, 0.1) is 11.2 Å². The van der Waals surface area contributed by atoms with Crippen LogP contribution in [0.25, 0.3) is 23.1 Å². The van der Waals surface area contributed by atoms with Crippen molar-refractivity contribution in [1.82, 2.24) is 4.98 Å². The Labute approximate surface area is 186 Å². The molecule has 1 atom stereocenters. The van der Waals surface area contributed by atoms with Crippen LogP contribution in [0.1, 0.15) is 23.7 Å². The van der Waals surface area contributed by atoms with E-state index in [0.29, 0.717) is 11.5 Å². The Morgan fingerprint density at radius 3 is 2.50 bits per heavy atom. The number of rotatable bonds is 8. The zero-order valence-electron chi connectivity index (χ0n) is 17.6. The van der Waals surface area contributed by atoms with Gasteiger partial charge >= 0.3 is 5.97 Å². The van der Waals surface area contributed by atoms with E-state index >= 15 is 0 Å². The highest BCUT2D eigenvalue weighted by molar-refractivity contribution is 5.80. The van der Waals surface area contributed by atoms with Gasteiger partial charge in [0.25, 0.3) is 0 Å². The Hall–Kier alpha value is -4.12. The minimum absolute atomic E-state index is 0.276. The quantitative estimate of drug-likeness (QED) is 0.384. The van der Waals surface area contributed by atoms with Crippen LogP contribution in [-0.4, -0.2) is 22.2 Å². The van der Waals surface area contributed by atoms with Gasteiger partial charge < -0.3 is 14.6 Å². The zero-order valence-corrected chi connectivity index (χ0v) is 17.6. The summed E-state index contributed by atoms with van der Waals surface area (Å²) in [4.78, 5) is 15.7. The standard InChI is InChI=1S/C27H23NO4/c1-19(27(29)30)32-26-9-5-3-7-22(26)18-31-24-16-11-20(12-17-24)10-14-23-15-13-21-6-2-4-8-25(21)28-23/h2-17,19H,18H2,1H3,(H,29,30)/b14-10+. The second-order valence-corrected chi connectivity index (χ2v) is 7.33. The van der Waals surface area contributed by atoms with Crippen LogP contribution in [0.4, 0.5) is 0 Å². The highest BCUT2D eigenvalue weighted by atomic mass is 16.5. The number of para-hydroxylation sites is 2. The Balaban J connectivity index is 1.39. The van der Waals surface area contributed by atoms with Gasteiger partial charge in [-0.2, -0.15) is 0 Å². The molecule has 4 aromatic rings. The molecule has 160 valence electrons. The fourth-order valence-corrected chi connectivity index (χ4v) is 3.17. The number of nitrogens with zero attached hydrogens (tertiary/aromatic N) is 1. The first-order chi connectivity index (χ1) is 15.6. The molecule has 1 N–H and O–H groups in total. The number of ether oxygens (including phenoxy) is 2. The summed E-state index contributed by atoms with van der Waals surface area (Å²) in [6.07, 6.45) is 3.07. The summed E-state index contributed by atoms with van der Waals surface area (Å²) >= 11 is 0. The van der Waals surface area contributed by atoms with Crippen molar-refractivity contribution >= 4 is 29.0 Å². The lowest BCUT2D eigenvalue weighted by molar-refractivity contribution is -0.144. The van der Waals surface area contributed by atoms with E-state index in [-0.39, 0.29) is 6.61 Å². The molecule has 0 aliphatic carbocycles. The second-order valence-electron chi connectivity index (χ2n) is 7.33. The van der Waals surface area contributed by atoms with Gasteiger partial charge in [0, 0.05) is 10.9 Å². The van der Waals surface area contributed by atoms with Crippen LogP contribution in [0, 0.1) is 0 Å². The van der Waals surface area contributed by atoms with Gasteiger partial charge in [-0.3, -0.25) is 0 Å². The molecule has 0 amide bonds. The maximum absolute atomic E-state index is 11.1. The Morgan fingerprint density at radius 1 is 0.938 bits per heavy atom. The molecule has 0 bridgehead atoms. The maximum atomic E-state index is 11.1. The van der Waals surface area contributed by atoms with Gasteiger partial charge in [0.1, 0.15) is 18.1 Å². The Morgan fingerprint density at radius 2 is 1.69 bits per heavy atom. The van der Waals surface area contributed by atoms with E-state index in [4.69, 9.17) is 14.6 Å². The molecule has 1 aromatic heterocycles. The minimum Gasteiger partial charge on any atom is -0.489 e. The highest BCUT2D eigenvalue weighted by Crippen LogP contribution is 2.22. The molecule has 0 saturated heterocycles. The van der Waals surface area contributed by atoms with E-state index in [0.717, 1.165) is 27.7 Å². The first-order valence-corrected chi connectivity index (χ1v) is 10.3. The topological polar surface area (TPSA) is 68.7 Å². The van der Waals surface area contributed by atoms with Crippen molar-refractivity contribution in [2.75, 3.05) is 0 Å². The van der Waals surface area contributed by atoms with Crippen molar-refractivity contribution in [2.45, 2.75) is 19.6 Å². The van der Waals surface area contributed by atoms with Crippen LogP contribution in [0.3, 0.4) is 0 Å². The van der Waals surface area contributed by atoms with Crippen molar-refractivity contribution in [3.05, 3.63) is 102 Å². The van der Waals surface area contributed by atoms with Crippen molar-refractivity contribution in [3.8, 4) is 11.5 Å². The number of pyridine rings is 1. The molecule has 0 saturated carbocycles. The van der Waals surface area contributed by atoms with Gasteiger partial charge in [-0.15, -0.1) is 0 Å². The van der Waals surface area contributed by atoms with Crippen molar-refractivity contribution in [3.63, 3.8) is 0 Å². The number of hydrogen-bond acceptors (Lipinski definition) is 4. The molecule has 5 heteroatoms. The van der Waals surface area contributed by atoms with Crippen LogP contribution in [0.5, 0.6) is 11.5 Å². The van der Waals surface area contributed by atoms with Crippen LogP contribution < -0.4 is 9.47 Å². The third kappa shape index (κ3) is 5.32. The predicted octanol–water partition coefficient (Wildman–Crippen LogP) is 5.84. The Kier molecular flexibility index (Phi) is 6.46. The lowest BCUT2D eigenvalue weighted by atomic mass is 10.1. The second kappa shape index (κ2) is 9.79. The summed E-state index contributed by atoms with van der Waals surface area (Å²) < 4.78 is 11.4. The molecule has 0 fully saturated rings. The van der Waals surface area contributed by atoms with Gasteiger partial charge in [0.15, 0.2) is 6.10 Å². The number of hydrogen-bond donors (Lipinski definition) is 1. The first-order valence-electron chi connectivity index (χ1n) is 10.3. The normalized spacial score (nSPS) is 12.0. The molecule has 0 spiro atoms.